The second-order valence-corrected chi connectivity index (χ2v) is 11.9. The molecule has 0 saturated carbocycles. The highest BCUT2D eigenvalue weighted by Gasteiger charge is 2.30. The van der Waals surface area contributed by atoms with Crippen LogP contribution < -0.4 is 9.62 Å². The van der Waals surface area contributed by atoms with Crippen molar-refractivity contribution in [2.24, 2.45) is 0 Å². The van der Waals surface area contributed by atoms with Gasteiger partial charge in [0.1, 0.15) is 6.04 Å². The molecule has 7 nitrogen and oxygen atoms in total. The Morgan fingerprint density at radius 2 is 1.59 bits per heavy atom. The zero-order valence-corrected chi connectivity index (χ0v) is 24.3. The molecule has 3 aromatic carbocycles. The number of hydrogen-bond acceptors (Lipinski definition) is 4. The largest absolute Gasteiger partial charge is 0.355 e. The number of carbonyl (C=O) groups excluding carboxylic acids is 2. The van der Waals surface area contributed by atoms with Gasteiger partial charge in [0.25, 0.3) is 0 Å². The highest BCUT2D eigenvalue weighted by Crippen LogP contribution is 2.25. The minimum Gasteiger partial charge on any atom is -0.355 e. The predicted molar refractivity (Wildman–Crippen MR) is 157 cm³/mol. The van der Waals surface area contributed by atoms with Gasteiger partial charge in [-0.25, -0.2) is 8.42 Å². The number of rotatable bonds is 13. The molecule has 3 aromatic rings. The molecule has 0 heterocycles. The summed E-state index contributed by atoms with van der Waals surface area (Å²) in [5.74, 6) is -0.559. The second-order valence-electron chi connectivity index (χ2n) is 9.13. The zero-order chi connectivity index (χ0) is 28.4. The van der Waals surface area contributed by atoms with Crippen LogP contribution in [0, 0.1) is 0 Å². The Morgan fingerprint density at radius 3 is 2.18 bits per heavy atom. The van der Waals surface area contributed by atoms with Crippen molar-refractivity contribution >= 4 is 50.7 Å². The lowest BCUT2D eigenvalue weighted by molar-refractivity contribution is -0.141. The van der Waals surface area contributed by atoms with Gasteiger partial charge in [-0.15, -0.1) is 0 Å². The van der Waals surface area contributed by atoms with Gasteiger partial charge in [-0.2, -0.15) is 0 Å². The number of likely N-dealkylation sites (N-methyl/N-ethyl adjacent to an activating group) is 1. The van der Waals surface area contributed by atoms with Gasteiger partial charge in [0, 0.05) is 42.5 Å². The molecule has 208 valence electrons. The van der Waals surface area contributed by atoms with E-state index >= 15 is 0 Å². The van der Waals surface area contributed by atoms with Crippen LogP contribution in [0.3, 0.4) is 0 Å². The van der Waals surface area contributed by atoms with Gasteiger partial charge < -0.3 is 10.2 Å². The maximum absolute atomic E-state index is 13.7. The normalized spacial score (nSPS) is 12.0. The fourth-order valence-electron chi connectivity index (χ4n) is 4.28. The number of nitrogens with one attached hydrogen (secondary N) is 1. The van der Waals surface area contributed by atoms with Crippen molar-refractivity contribution in [3.8, 4) is 0 Å². The maximum atomic E-state index is 13.7. The third-order valence-corrected chi connectivity index (χ3v) is 7.96. The summed E-state index contributed by atoms with van der Waals surface area (Å²) in [5.41, 5.74) is 2.08. The number of halogens is 2. The second kappa shape index (κ2) is 14.4. The van der Waals surface area contributed by atoms with E-state index < -0.39 is 16.1 Å². The number of anilines is 1. The van der Waals surface area contributed by atoms with E-state index in [0.717, 1.165) is 11.8 Å². The van der Waals surface area contributed by atoms with E-state index in [2.05, 4.69) is 5.32 Å². The van der Waals surface area contributed by atoms with Crippen LogP contribution in [0.4, 0.5) is 5.69 Å². The van der Waals surface area contributed by atoms with Crippen molar-refractivity contribution < 1.29 is 18.0 Å². The first-order chi connectivity index (χ1) is 18.6. The Bertz CT molecular complexity index is 1360. The lowest BCUT2D eigenvalue weighted by atomic mass is 10.0. The zero-order valence-electron chi connectivity index (χ0n) is 22.0. The van der Waals surface area contributed by atoms with Gasteiger partial charge in [-0.1, -0.05) is 77.8 Å². The van der Waals surface area contributed by atoms with E-state index in [0.29, 0.717) is 34.3 Å². The number of amides is 2. The molecule has 0 aliphatic heterocycles. The highest BCUT2D eigenvalue weighted by molar-refractivity contribution is 7.92. The fraction of sp³-hybridized carbons (Fsp3) is 0.310. The van der Waals surface area contributed by atoms with Crippen molar-refractivity contribution in [1.29, 1.82) is 0 Å². The van der Waals surface area contributed by atoms with Crippen molar-refractivity contribution in [2.45, 2.75) is 38.8 Å². The van der Waals surface area contributed by atoms with Crippen molar-refractivity contribution in [2.75, 3.05) is 23.7 Å². The fourth-order valence-corrected chi connectivity index (χ4v) is 5.71. The molecule has 0 aromatic heterocycles. The molecule has 0 bridgehead atoms. The summed E-state index contributed by atoms with van der Waals surface area (Å²) < 4.78 is 26.2. The lowest BCUT2D eigenvalue weighted by Gasteiger charge is -2.32. The smallest absolute Gasteiger partial charge is 0.243 e. The molecule has 1 N–H and O–H groups in total. The first-order valence-corrected chi connectivity index (χ1v) is 15.3. The summed E-state index contributed by atoms with van der Waals surface area (Å²) in [6, 6.07) is 22.5. The van der Waals surface area contributed by atoms with Crippen LogP contribution in [0.25, 0.3) is 0 Å². The van der Waals surface area contributed by atoms with Crippen LogP contribution in [0.1, 0.15) is 30.9 Å². The molecule has 39 heavy (non-hydrogen) atoms. The summed E-state index contributed by atoms with van der Waals surface area (Å²) in [7, 11) is -3.56. The minimum absolute atomic E-state index is 0.0365. The quantitative estimate of drug-likeness (QED) is 0.292. The van der Waals surface area contributed by atoms with Crippen LogP contribution in [-0.2, 0) is 32.6 Å². The van der Waals surface area contributed by atoms with Crippen molar-refractivity contribution in [1.82, 2.24) is 10.2 Å². The molecule has 1 atom stereocenters. The molecular formula is C29H33Cl2N3O4S. The summed E-state index contributed by atoms with van der Waals surface area (Å²) in [6.07, 6.45) is 1.75. The van der Waals surface area contributed by atoms with Crippen LogP contribution in [0.15, 0.2) is 78.9 Å². The first kappa shape index (κ1) is 30.5. The Morgan fingerprint density at radius 1 is 0.949 bits per heavy atom. The van der Waals surface area contributed by atoms with Gasteiger partial charge in [0.15, 0.2) is 0 Å². The van der Waals surface area contributed by atoms with Crippen molar-refractivity contribution in [3.05, 3.63) is 100 Å². The average molecular weight is 591 g/mol. The van der Waals surface area contributed by atoms with Crippen LogP contribution >= 0.6 is 23.2 Å². The van der Waals surface area contributed by atoms with Crippen molar-refractivity contribution in [3.63, 3.8) is 0 Å². The maximum Gasteiger partial charge on any atom is 0.243 e. The minimum atomic E-state index is -3.56. The van der Waals surface area contributed by atoms with Crippen LogP contribution in [-0.4, -0.2) is 50.5 Å². The molecule has 2 amide bonds. The molecule has 0 fully saturated rings. The number of benzene rings is 3. The Labute approximate surface area is 240 Å². The molecule has 0 radical (unpaired) electrons. The summed E-state index contributed by atoms with van der Waals surface area (Å²) in [4.78, 5) is 28.5. The van der Waals surface area contributed by atoms with Gasteiger partial charge >= 0.3 is 0 Å². The third kappa shape index (κ3) is 8.98. The monoisotopic (exact) mass is 589 g/mol. The number of hydrogen-bond donors (Lipinski definition) is 1. The molecule has 0 unspecified atom stereocenters. The van der Waals surface area contributed by atoms with Gasteiger partial charge in [0.05, 0.1) is 11.9 Å². The summed E-state index contributed by atoms with van der Waals surface area (Å²) in [5, 5.41) is 3.71. The topological polar surface area (TPSA) is 86.8 Å². The summed E-state index contributed by atoms with van der Waals surface area (Å²) >= 11 is 12.5. The van der Waals surface area contributed by atoms with Gasteiger partial charge in [0.2, 0.25) is 21.8 Å². The molecular weight excluding hydrogens is 557 g/mol. The Kier molecular flexibility index (Phi) is 11.2. The summed E-state index contributed by atoms with van der Waals surface area (Å²) in [6.45, 7) is 2.45. The van der Waals surface area contributed by atoms with E-state index in [-0.39, 0.29) is 37.7 Å². The van der Waals surface area contributed by atoms with Crippen LogP contribution in [0.5, 0.6) is 0 Å². The molecule has 3 rings (SSSR count). The SMILES string of the molecule is CCNC(=O)[C@H](Cc1ccccc1)N(Cc1ccc(Cl)cc1Cl)C(=O)CCCN(c1ccccc1)S(C)(=O)=O. The average Bonchev–Trinajstić information content (AvgIpc) is 2.90. The van der Waals surface area contributed by atoms with E-state index in [1.165, 1.54) is 9.21 Å². The lowest BCUT2D eigenvalue weighted by Crippen LogP contribution is -2.50. The molecule has 10 heteroatoms. The first-order valence-electron chi connectivity index (χ1n) is 12.7. The van der Waals surface area contributed by atoms with E-state index in [4.69, 9.17) is 23.2 Å². The number of carbonyl (C=O) groups is 2. The van der Waals surface area contributed by atoms with Gasteiger partial charge in [-0.3, -0.25) is 13.9 Å². The standard InChI is InChI=1S/C29H33Cl2N3O4S/c1-3-32-29(36)27(19-22-11-6-4-7-12-22)33(21-23-16-17-24(30)20-26(23)31)28(35)15-10-18-34(39(2,37)38)25-13-8-5-9-14-25/h4-9,11-14,16-17,20,27H,3,10,15,18-19,21H2,1-2H3,(H,32,36)/t27-/m0/s1. The number of sulfonamides is 1. The highest BCUT2D eigenvalue weighted by atomic mass is 35.5. The van der Waals surface area contributed by atoms with E-state index in [1.807, 2.05) is 43.3 Å². The Balaban J connectivity index is 1.88. The third-order valence-electron chi connectivity index (χ3n) is 6.17. The van der Waals surface area contributed by atoms with Crippen LogP contribution in [0.2, 0.25) is 10.0 Å². The van der Waals surface area contributed by atoms with Gasteiger partial charge in [-0.05, 0) is 48.7 Å². The Hall–Kier alpha value is -3.07. The molecule has 0 saturated heterocycles. The molecule has 0 spiro atoms. The van der Waals surface area contributed by atoms with E-state index in [9.17, 15) is 18.0 Å². The number of nitrogens with zero attached hydrogens (tertiary/aromatic N) is 2. The molecule has 0 aliphatic rings. The predicted octanol–water partition coefficient (Wildman–Crippen LogP) is 5.32. The molecule has 0 aliphatic carbocycles. The van der Waals surface area contributed by atoms with E-state index in [1.54, 1.807) is 42.5 Å². The number of para-hydroxylation sites is 1.